The zero-order chi connectivity index (χ0) is 28.4. The fraction of sp³-hybridized carbons (Fsp3) is 0.556. The number of aliphatic carboxylic acids is 1. The van der Waals surface area contributed by atoms with Gasteiger partial charge >= 0.3 is 5.97 Å². The Morgan fingerprint density at radius 2 is 1.55 bits per heavy atom. The molecule has 0 fully saturated rings. The molecule has 9 N–H and O–H groups in total. The first-order chi connectivity index (χ1) is 18.0. The number of para-hydroxylation sites is 1. The largest absolute Gasteiger partial charge is 0.480 e. The summed E-state index contributed by atoms with van der Waals surface area (Å²) < 4.78 is 0. The number of benzene rings is 1. The summed E-state index contributed by atoms with van der Waals surface area (Å²) in [5.74, 6) is -3.27. The Morgan fingerprint density at radius 3 is 2.16 bits per heavy atom. The van der Waals surface area contributed by atoms with Gasteiger partial charge in [-0.2, -0.15) is 0 Å². The summed E-state index contributed by atoms with van der Waals surface area (Å²) >= 11 is 0. The standard InChI is InChI=1S/C27H42N6O5/c1-15(2)22(29)25(35)31-20(11-7-8-12-28)24(34)33-23(16(3)4)26(36)32-21(27(37)38)13-17-14-30-19-10-6-5-9-18(17)19/h5-6,9-10,14-16,20-23,30H,7-8,11-13,28-29H2,1-4H3,(H,31,35)(H,32,36)(H,33,34)(H,37,38). The molecular formula is C27H42N6O5. The van der Waals surface area contributed by atoms with Crippen LogP contribution in [0.2, 0.25) is 0 Å². The lowest BCUT2D eigenvalue weighted by molar-refractivity contribution is -0.142. The van der Waals surface area contributed by atoms with Gasteiger partial charge in [0.15, 0.2) is 0 Å². The second kappa shape index (κ2) is 14.5. The van der Waals surface area contributed by atoms with Crippen LogP contribution in [0.25, 0.3) is 10.9 Å². The number of nitrogens with one attached hydrogen (secondary N) is 4. The molecule has 0 spiro atoms. The quantitative estimate of drug-likeness (QED) is 0.167. The maximum atomic E-state index is 13.2. The summed E-state index contributed by atoms with van der Waals surface area (Å²) in [7, 11) is 0. The lowest BCUT2D eigenvalue weighted by Crippen LogP contribution is -2.59. The Morgan fingerprint density at radius 1 is 0.895 bits per heavy atom. The second-order valence-corrected chi connectivity index (χ2v) is 10.3. The van der Waals surface area contributed by atoms with E-state index in [0.29, 0.717) is 25.8 Å². The van der Waals surface area contributed by atoms with Crippen molar-refractivity contribution >= 4 is 34.6 Å². The zero-order valence-corrected chi connectivity index (χ0v) is 22.6. The van der Waals surface area contributed by atoms with E-state index in [0.717, 1.165) is 16.5 Å². The highest BCUT2D eigenvalue weighted by Gasteiger charge is 2.32. The number of amides is 3. The van der Waals surface area contributed by atoms with Gasteiger partial charge in [-0.1, -0.05) is 45.9 Å². The molecule has 2 rings (SSSR count). The predicted octanol–water partition coefficient (Wildman–Crippen LogP) is 1.02. The molecule has 4 atom stereocenters. The summed E-state index contributed by atoms with van der Waals surface area (Å²) in [5.41, 5.74) is 13.1. The van der Waals surface area contributed by atoms with Gasteiger partial charge in [0, 0.05) is 23.5 Å². The number of carboxylic acid groups (broad SMARTS) is 1. The van der Waals surface area contributed by atoms with Crippen LogP contribution < -0.4 is 27.4 Å². The minimum absolute atomic E-state index is 0.0642. The van der Waals surface area contributed by atoms with E-state index in [1.54, 1.807) is 20.0 Å². The molecule has 0 saturated heterocycles. The van der Waals surface area contributed by atoms with Crippen LogP contribution in [0.4, 0.5) is 0 Å². The molecule has 210 valence electrons. The van der Waals surface area contributed by atoms with Crippen molar-refractivity contribution < 1.29 is 24.3 Å². The lowest BCUT2D eigenvalue weighted by atomic mass is 9.99. The van der Waals surface area contributed by atoms with Gasteiger partial charge in [0.25, 0.3) is 0 Å². The first kappa shape index (κ1) is 30.8. The summed E-state index contributed by atoms with van der Waals surface area (Å²) in [6.07, 6.45) is 3.37. The average Bonchev–Trinajstić information content (AvgIpc) is 3.27. The molecule has 0 radical (unpaired) electrons. The maximum Gasteiger partial charge on any atom is 0.326 e. The highest BCUT2D eigenvalue weighted by molar-refractivity contribution is 5.94. The van der Waals surface area contributed by atoms with Crippen LogP contribution in [-0.4, -0.2) is 64.5 Å². The third-order valence-electron chi connectivity index (χ3n) is 6.56. The molecule has 0 aliphatic rings. The number of carbonyl (C=O) groups is 4. The summed E-state index contributed by atoms with van der Waals surface area (Å²) in [4.78, 5) is 54.1. The summed E-state index contributed by atoms with van der Waals surface area (Å²) in [5, 5.41) is 18.7. The first-order valence-corrected chi connectivity index (χ1v) is 13.1. The average molecular weight is 531 g/mol. The van der Waals surface area contributed by atoms with Gasteiger partial charge < -0.3 is 37.5 Å². The van der Waals surface area contributed by atoms with Crippen LogP contribution in [-0.2, 0) is 25.6 Å². The third kappa shape index (κ3) is 8.56. The van der Waals surface area contributed by atoms with Gasteiger partial charge in [0.2, 0.25) is 17.7 Å². The van der Waals surface area contributed by atoms with Gasteiger partial charge in [-0.25, -0.2) is 4.79 Å². The van der Waals surface area contributed by atoms with Crippen LogP contribution in [0.15, 0.2) is 30.5 Å². The number of rotatable bonds is 15. The summed E-state index contributed by atoms with van der Waals surface area (Å²) in [6, 6.07) is 3.58. The molecule has 4 unspecified atom stereocenters. The molecule has 0 saturated carbocycles. The van der Waals surface area contributed by atoms with E-state index in [4.69, 9.17) is 11.5 Å². The van der Waals surface area contributed by atoms with Gasteiger partial charge in [0.05, 0.1) is 6.04 Å². The predicted molar refractivity (Wildman–Crippen MR) is 146 cm³/mol. The number of hydrogen-bond donors (Lipinski definition) is 7. The van der Waals surface area contributed by atoms with Crippen LogP contribution in [0.3, 0.4) is 0 Å². The molecule has 1 heterocycles. The second-order valence-electron chi connectivity index (χ2n) is 10.3. The van der Waals surface area contributed by atoms with Crippen LogP contribution in [0, 0.1) is 11.8 Å². The number of nitrogens with two attached hydrogens (primary N) is 2. The number of unbranched alkanes of at least 4 members (excludes halogenated alkanes) is 1. The topological polar surface area (TPSA) is 192 Å². The monoisotopic (exact) mass is 530 g/mol. The Kier molecular flexibility index (Phi) is 11.7. The van der Waals surface area contributed by atoms with Crippen molar-refractivity contribution in [1.82, 2.24) is 20.9 Å². The molecule has 0 aliphatic carbocycles. The first-order valence-electron chi connectivity index (χ1n) is 13.1. The lowest BCUT2D eigenvalue weighted by Gasteiger charge is -2.27. The van der Waals surface area contributed by atoms with E-state index in [2.05, 4.69) is 20.9 Å². The van der Waals surface area contributed by atoms with Crippen molar-refractivity contribution in [2.24, 2.45) is 23.3 Å². The normalized spacial score (nSPS) is 14.6. The molecular weight excluding hydrogens is 488 g/mol. The Labute approximate surface area is 223 Å². The maximum absolute atomic E-state index is 13.2. The molecule has 1 aromatic heterocycles. The van der Waals surface area contributed by atoms with E-state index in [1.807, 2.05) is 38.1 Å². The number of aromatic amines is 1. The number of aromatic nitrogens is 1. The van der Waals surface area contributed by atoms with Crippen molar-refractivity contribution in [2.45, 2.75) is 77.5 Å². The van der Waals surface area contributed by atoms with Crippen molar-refractivity contribution in [3.63, 3.8) is 0 Å². The van der Waals surface area contributed by atoms with Crippen LogP contribution >= 0.6 is 0 Å². The fourth-order valence-electron chi connectivity index (χ4n) is 4.10. The van der Waals surface area contributed by atoms with Crippen molar-refractivity contribution in [2.75, 3.05) is 6.54 Å². The van der Waals surface area contributed by atoms with E-state index in [1.165, 1.54) is 0 Å². The van der Waals surface area contributed by atoms with Gasteiger partial charge in [-0.15, -0.1) is 0 Å². The van der Waals surface area contributed by atoms with E-state index in [9.17, 15) is 24.3 Å². The van der Waals surface area contributed by atoms with Gasteiger partial charge in [0.1, 0.15) is 18.1 Å². The molecule has 2 aromatic rings. The molecule has 11 heteroatoms. The third-order valence-corrected chi connectivity index (χ3v) is 6.56. The minimum Gasteiger partial charge on any atom is -0.480 e. The Hall–Kier alpha value is -3.44. The molecule has 0 bridgehead atoms. The molecule has 1 aromatic carbocycles. The van der Waals surface area contributed by atoms with Crippen molar-refractivity contribution in [1.29, 1.82) is 0 Å². The number of H-pyrrole nitrogens is 1. The van der Waals surface area contributed by atoms with Crippen molar-refractivity contribution in [3.8, 4) is 0 Å². The van der Waals surface area contributed by atoms with Crippen LogP contribution in [0.5, 0.6) is 0 Å². The zero-order valence-electron chi connectivity index (χ0n) is 22.6. The van der Waals surface area contributed by atoms with E-state index >= 15 is 0 Å². The molecule has 11 nitrogen and oxygen atoms in total. The molecule has 38 heavy (non-hydrogen) atoms. The minimum atomic E-state index is -1.20. The fourth-order valence-corrected chi connectivity index (χ4v) is 4.10. The number of carbonyl (C=O) groups excluding carboxylic acids is 3. The number of carboxylic acids is 1. The highest BCUT2D eigenvalue weighted by atomic mass is 16.4. The van der Waals surface area contributed by atoms with Gasteiger partial charge in [-0.3, -0.25) is 14.4 Å². The SMILES string of the molecule is CC(C)C(N)C(=O)NC(CCCCN)C(=O)NC(C(=O)NC(Cc1c[nH]c2ccccc12)C(=O)O)C(C)C. The van der Waals surface area contributed by atoms with Crippen molar-refractivity contribution in [3.05, 3.63) is 36.0 Å². The highest BCUT2D eigenvalue weighted by Crippen LogP contribution is 2.19. The summed E-state index contributed by atoms with van der Waals surface area (Å²) in [6.45, 7) is 7.55. The Balaban J connectivity index is 2.15. The smallest absolute Gasteiger partial charge is 0.326 e. The van der Waals surface area contributed by atoms with E-state index in [-0.39, 0.29) is 18.3 Å². The number of hydrogen-bond acceptors (Lipinski definition) is 6. The molecule has 0 aliphatic heterocycles. The number of fused-ring (bicyclic) bond motifs is 1. The van der Waals surface area contributed by atoms with Gasteiger partial charge in [-0.05, 0) is 49.3 Å². The molecule has 3 amide bonds. The Bertz CT molecular complexity index is 1100. The van der Waals surface area contributed by atoms with E-state index < -0.39 is 47.9 Å². The van der Waals surface area contributed by atoms with Crippen LogP contribution in [0.1, 0.15) is 52.5 Å².